The summed E-state index contributed by atoms with van der Waals surface area (Å²) >= 11 is 0. The van der Waals surface area contributed by atoms with Crippen molar-refractivity contribution in [3.05, 3.63) is 71.8 Å². The van der Waals surface area contributed by atoms with E-state index in [-0.39, 0.29) is 30.0 Å². The smallest absolute Gasteiger partial charge is 0.0627 e. The summed E-state index contributed by atoms with van der Waals surface area (Å²) in [6, 6.07) is 21.6. The van der Waals surface area contributed by atoms with Crippen molar-refractivity contribution in [1.82, 2.24) is 4.90 Å². The van der Waals surface area contributed by atoms with E-state index in [9.17, 15) is 5.11 Å². The van der Waals surface area contributed by atoms with E-state index in [1.165, 1.54) is 11.1 Å². The van der Waals surface area contributed by atoms with Crippen LogP contribution in [0.1, 0.15) is 37.1 Å². The van der Waals surface area contributed by atoms with Crippen LogP contribution in [0.15, 0.2) is 60.7 Å². The molecule has 0 bridgehead atoms. The SMILES string of the molecule is C[C@@H]1C(O)[C@H](C)[C@@H](c2ccccc2)N(C)[C@H]1c1ccccc1. The van der Waals surface area contributed by atoms with E-state index < -0.39 is 0 Å². The number of benzene rings is 2. The normalized spacial score (nSPS) is 32.8. The highest BCUT2D eigenvalue weighted by Gasteiger charge is 2.44. The highest BCUT2D eigenvalue weighted by Crippen LogP contribution is 2.46. The molecule has 116 valence electrons. The predicted octanol–water partition coefficient (Wildman–Crippen LogP) is 4.05. The van der Waals surface area contributed by atoms with Crippen molar-refractivity contribution in [1.29, 1.82) is 0 Å². The molecule has 0 amide bonds. The van der Waals surface area contributed by atoms with Gasteiger partial charge in [-0.15, -0.1) is 0 Å². The van der Waals surface area contributed by atoms with Crippen molar-refractivity contribution in [3.63, 3.8) is 0 Å². The number of rotatable bonds is 2. The van der Waals surface area contributed by atoms with E-state index in [4.69, 9.17) is 0 Å². The molecule has 1 unspecified atom stereocenters. The molecule has 1 N–H and O–H groups in total. The maximum absolute atomic E-state index is 10.8. The first kappa shape index (κ1) is 15.3. The standard InChI is InChI=1S/C20H25NO/c1-14-18(16-10-6-4-7-11-16)21(3)19(15(2)20(14)22)17-12-8-5-9-13-17/h4-15,18-20,22H,1-3H3/t14-,15+,18+,19-,20?. The lowest BCUT2D eigenvalue weighted by Crippen LogP contribution is -2.49. The average molecular weight is 295 g/mol. The quantitative estimate of drug-likeness (QED) is 0.903. The number of aliphatic hydroxyl groups is 1. The molecule has 22 heavy (non-hydrogen) atoms. The van der Waals surface area contributed by atoms with E-state index in [0.717, 1.165) is 0 Å². The Labute approximate surface area is 133 Å². The van der Waals surface area contributed by atoms with Crippen LogP contribution in [0.5, 0.6) is 0 Å². The first-order chi connectivity index (χ1) is 10.6. The van der Waals surface area contributed by atoms with Gasteiger partial charge in [-0.2, -0.15) is 0 Å². The molecule has 2 aromatic carbocycles. The number of likely N-dealkylation sites (tertiary alicyclic amines) is 1. The second kappa shape index (κ2) is 6.23. The first-order valence-corrected chi connectivity index (χ1v) is 8.11. The molecule has 2 aromatic rings. The number of hydrogen-bond donors (Lipinski definition) is 1. The van der Waals surface area contributed by atoms with Gasteiger partial charge in [0.2, 0.25) is 0 Å². The Balaban J connectivity index is 2.01. The molecule has 1 heterocycles. The summed E-state index contributed by atoms with van der Waals surface area (Å²) in [7, 11) is 2.19. The summed E-state index contributed by atoms with van der Waals surface area (Å²) in [5.74, 6) is 0.421. The third-order valence-corrected chi connectivity index (χ3v) is 5.23. The van der Waals surface area contributed by atoms with Crippen molar-refractivity contribution in [2.24, 2.45) is 11.8 Å². The zero-order valence-electron chi connectivity index (χ0n) is 13.6. The fourth-order valence-corrected chi connectivity index (χ4v) is 4.15. The van der Waals surface area contributed by atoms with Crippen LogP contribution >= 0.6 is 0 Å². The Bertz CT molecular complexity index is 544. The van der Waals surface area contributed by atoms with Gasteiger partial charge in [0.05, 0.1) is 6.10 Å². The molecule has 0 spiro atoms. The van der Waals surface area contributed by atoms with Crippen LogP contribution < -0.4 is 0 Å². The average Bonchev–Trinajstić information content (AvgIpc) is 2.55. The predicted molar refractivity (Wildman–Crippen MR) is 90.5 cm³/mol. The van der Waals surface area contributed by atoms with Crippen LogP contribution in [0.2, 0.25) is 0 Å². The summed E-state index contributed by atoms with van der Waals surface area (Å²) in [4.78, 5) is 2.44. The maximum Gasteiger partial charge on any atom is 0.0627 e. The van der Waals surface area contributed by atoms with E-state index in [2.05, 4.69) is 74.3 Å². The molecule has 2 heteroatoms. The molecule has 0 saturated carbocycles. The summed E-state index contributed by atoms with van der Waals surface area (Å²) in [5.41, 5.74) is 2.56. The number of nitrogens with zero attached hydrogens (tertiary/aromatic N) is 1. The molecule has 3 rings (SSSR count). The van der Waals surface area contributed by atoms with Gasteiger partial charge in [0.15, 0.2) is 0 Å². The minimum Gasteiger partial charge on any atom is -0.392 e. The van der Waals surface area contributed by atoms with Crippen molar-refractivity contribution in [2.75, 3.05) is 7.05 Å². The molecule has 1 fully saturated rings. The van der Waals surface area contributed by atoms with E-state index >= 15 is 0 Å². The Morgan fingerprint density at radius 2 is 1.09 bits per heavy atom. The van der Waals surface area contributed by atoms with Crippen LogP contribution in [-0.2, 0) is 0 Å². The van der Waals surface area contributed by atoms with Gasteiger partial charge in [-0.3, -0.25) is 4.90 Å². The zero-order chi connectivity index (χ0) is 15.7. The molecule has 1 aliphatic heterocycles. The third kappa shape index (κ3) is 2.57. The minimum absolute atomic E-state index is 0.211. The topological polar surface area (TPSA) is 23.5 Å². The first-order valence-electron chi connectivity index (χ1n) is 8.11. The molecular weight excluding hydrogens is 270 g/mol. The molecule has 1 aliphatic rings. The largest absolute Gasteiger partial charge is 0.392 e. The van der Waals surface area contributed by atoms with Crippen LogP contribution in [0.25, 0.3) is 0 Å². The molecule has 2 nitrogen and oxygen atoms in total. The van der Waals surface area contributed by atoms with Crippen LogP contribution in [0.4, 0.5) is 0 Å². The fraction of sp³-hybridized carbons (Fsp3) is 0.400. The molecule has 0 aliphatic carbocycles. The summed E-state index contributed by atoms with van der Waals surface area (Å²) in [6.45, 7) is 4.33. The van der Waals surface area contributed by atoms with Crippen molar-refractivity contribution in [3.8, 4) is 0 Å². The second-order valence-corrected chi connectivity index (χ2v) is 6.59. The van der Waals surface area contributed by atoms with E-state index in [1.807, 2.05) is 12.1 Å². The number of aliphatic hydroxyl groups excluding tert-OH is 1. The van der Waals surface area contributed by atoms with Gasteiger partial charge in [0.25, 0.3) is 0 Å². The summed E-state index contributed by atoms with van der Waals surface area (Å²) < 4.78 is 0. The van der Waals surface area contributed by atoms with Gasteiger partial charge < -0.3 is 5.11 Å². The summed E-state index contributed by atoms with van der Waals surface area (Å²) in [5, 5.41) is 10.8. The van der Waals surface area contributed by atoms with Crippen molar-refractivity contribution in [2.45, 2.75) is 32.0 Å². The van der Waals surface area contributed by atoms with Gasteiger partial charge >= 0.3 is 0 Å². The Morgan fingerprint density at radius 1 is 0.727 bits per heavy atom. The van der Waals surface area contributed by atoms with Crippen LogP contribution in [-0.4, -0.2) is 23.2 Å². The number of piperidine rings is 1. The van der Waals surface area contributed by atoms with Gasteiger partial charge in [-0.25, -0.2) is 0 Å². The van der Waals surface area contributed by atoms with Gasteiger partial charge in [0.1, 0.15) is 0 Å². The van der Waals surface area contributed by atoms with Gasteiger partial charge in [-0.05, 0) is 18.2 Å². The Hall–Kier alpha value is -1.64. The fourth-order valence-electron chi connectivity index (χ4n) is 4.15. The van der Waals surface area contributed by atoms with Crippen molar-refractivity contribution >= 4 is 0 Å². The Kier molecular flexibility index (Phi) is 4.32. The number of hydrogen-bond acceptors (Lipinski definition) is 2. The maximum atomic E-state index is 10.8. The molecular formula is C20H25NO. The molecule has 5 atom stereocenters. The monoisotopic (exact) mass is 295 g/mol. The lowest BCUT2D eigenvalue weighted by molar-refractivity contribution is -0.0748. The minimum atomic E-state index is -0.299. The highest BCUT2D eigenvalue weighted by atomic mass is 16.3. The lowest BCUT2D eigenvalue weighted by atomic mass is 9.74. The Morgan fingerprint density at radius 3 is 1.45 bits per heavy atom. The molecule has 1 saturated heterocycles. The van der Waals surface area contributed by atoms with Crippen LogP contribution in [0, 0.1) is 11.8 Å². The third-order valence-electron chi connectivity index (χ3n) is 5.23. The molecule has 0 radical (unpaired) electrons. The zero-order valence-corrected chi connectivity index (χ0v) is 13.6. The van der Waals surface area contributed by atoms with Gasteiger partial charge in [-0.1, -0.05) is 74.5 Å². The van der Waals surface area contributed by atoms with Crippen LogP contribution in [0.3, 0.4) is 0 Å². The highest BCUT2D eigenvalue weighted by molar-refractivity contribution is 5.26. The van der Waals surface area contributed by atoms with Gasteiger partial charge in [0, 0.05) is 23.9 Å². The summed E-state index contributed by atoms with van der Waals surface area (Å²) in [6.07, 6.45) is -0.299. The van der Waals surface area contributed by atoms with E-state index in [0.29, 0.717) is 0 Å². The van der Waals surface area contributed by atoms with Crippen molar-refractivity contribution < 1.29 is 5.11 Å². The molecule has 0 aromatic heterocycles. The second-order valence-electron chi connectivity index (χ2n) is 6.59. The van der Waals surface area contributed by atoms with E-state index in [1.54, 1.807) is 0 Å². The lowest BCUT2D eigenvalue weighted by Gasteiger charge is -2.50.